The van der Waals surface area contributed by atoms with Gasteiger partial charge in [0.25, 0.3) is 5.91 Å². The number of tetrazole rings is 1. The Bertz CT molecular complexity index is 1130. The van der Waals surface area contributed by atoms with Crippen LogP contribution in [0.3, 0.4) is 0 Å². The molecule has 160 valence electrons. The first-order valence-corrected chi connectivity index (χ1v) is 10.2. The molecule has 3 rings (SSSR count). The highest BCUT2D eigenvalue weighted by Crippen LogP contribution is 2.20. The van der Waals surface area contributed by atoms with Gasteiger partial charge in [0.15, 0.2) is 5.82 Å². The molecule has 1 N–H and O–H groups in total. The van der Waals surface area contributed by atoms with Gasteiger partial charge in [-0.25, -0.2) is 0 Å². The minimum absolute atomic E-state index is 0.0374. The zero-order valence-corrected chi connectivity index (χ0v) is 18.5. The van der Waals surface area contributed by atoms with Crippen molar-refractivity contribution in [3.8, 4) is 11.8 Å². The molecule has 0 bridgehead atoms. The number of aryl methyl sites for hydroxylation is 1. The summed E-state index contributed by atoms with van der Waals surface area (Å²) >= 11 is 0. The van der Waals surface area contributed by atoms with E-state index < -0.39 is 11.9 Å². The standard InChI is InChI=1S/C23H27N7O/c1-15(2)14-29-16(3)11-19(18(29)5)12-20(13-24)23(31)25-17(4)22-26-27-28-30(22)21-9-7-6-8-10-21/h6-12,15,17H,14H2,1-5H3,(H,25,31)/b20-12-. The summed E-state index contributed by atoms with van der Waals surface area (Å²) in [6, 6.07) is 13.0. The Balaban J connectivity index is 1.82. The fourth-order valence-corrected chi connectivity index (χ4v) is 3.48. The smallest absolute Gasteiger partial charge is 0.262 e. The van der Waals surface area contributed by atoms with Gasteiger partial charge in [-0.2, -0.15) is 9.94 Å². The van der Waals surface area contributed by atoms with Crippen LogP contribution in [0.25, 0.3) is 11.8 Å². The van der Waals surface area contributed by atoms with Gasteiger partial charge in [0.05, 0.1) is 11.7 Å². The lowest BCUT2D eigenvalue weighted by Crippen LogP contribution is -2.29. The normalized spacial score (nSPS) is 12.6. The summed E-state index contributed by atoms with van der Waals surface area (Å²) in [6.45, 7) is 11.0. The molecule has 0 fully saturated rings. The number of para-hydroxylation sites is 1. The monoisotopic (exact) mass is 417 g/mol. The highest BCUT2D eigenvalue weighted by Gasteiger charge is 2.20. The van der Waals surface area contributed by atoms with E-state index in [9.17, 15) is 10.1 Å². The van der Waals surface area contributed by atoms with Gasteiger partial charge >= 0.3 is 0 Å². The zero-order chi connectivity index (χ0) is 22.5. The first-order valence-electron chi connectivity index (χ1n) is 10.2. The van der Waals surface area contributed by atoms with E-state index in [0.717, 1.165) is 29.2 Å². The summed E-state index contributed by atoms with van der Waals surface area (Å²) in [5.74, 6) is 0.509. The van der Waals surface area contributed by atoms with Crippen molar-refractivity contribution in [3.63, 3.8) is 0 Å². The second kappa shape index (κ2) is 9.39. The van der Waals surface area contributed by atoms with Gasteiger partial charge in [-0.3, -0.25) is 4.79 Å². The molecule has 2 aromatic heterocycles. The molecule has 8 heteroatoms. The summed E-state index contributed by atoms with van der Waals surface area (Å²) in [5, 5.41) is 24.3. The van der Waals surface area contributed by atoms with Gasteiger partial charge in [-0.05, 0) is 67.0 Å². The van der Waals surface area contributed by atoms with Crippen molar-refractivity contribution in [3.05, 3.63) is 64.7 Å². The van der Waals surface area contributed by atoms with Crippen molar-refractivity contribution in [1.29, 1.82) is 5.26 Å². The average molecular weight is 418 g/mol. The van der Waals surface area contributed by atoms with Gasteiger partial charge in [0.1, 0.15) is 11.6 Å². The SMILES string of the molecule is Cc1cc(/C=C(/C#N)C(=O)NC(C)c2nnnn2-c2ccccc2)c(C)n1CC(C)C. The number of hydrogen-bond acceptors (Lipinski definition) is 5. The van der Waals surface area contributed by atoms with Crippen LogP contribution in [0.2, 0.25) is 0 Å². The Kier molecular flexibility index (Phi) is 6.65. The van der Waals surface area contributed by atoms with Crippen LogP contribution in [-0.2, 0) is 11.3 Å². The quantitative estimate of drug-likeness (QED) is 0.468. The molecule has 31 heavy (non-hydrogen) atoms. The van der Waals surface area contributed by atoms with Crippen LogP contribution in [-0.4, -0.2) is 30.7 Å². The molecule has 8 nitrogen and oxygen atoms in total. The summed E-state index contributed by atoms with van der Waals surface area (Å²) < 4.78 is 3.78. The Hall–Kier alpha value is -3.73. The lowest BCUT2D eigenvalue weighted by Gasteiger charge is -2.13. The molecular formula is C23H27N7O. The molecule has 0 spiro atoms. The lowest BCUT2D eigenvalue weighted by atomic mass is 10.1. The summed E-state index contributed by atoms with van der Waals surface area (Å²) in [5.41, 5.74) is 3.83. The third kappa shape index (κ3) is 4.89. The maximum atomic E-state index is 12.8. The fraction of sp³-hybridized carbons (Fsp3) is 0.348. The topological polar surface area (TPSA) is 101 Å². The third-order valence-electron chi connectivity index (χ3n) is 5.05. The molecule has 3 aromatic rings. The number of carbonyl (C=O) groups excluding carboxylic acids is 1. The molecule has 1 amide bonds. The van der Waals surface area contributed by atoms with Gasteiger partial charge in [-0.15, -0.1) is 5.10 Å². The number of nitriles is 1. The van der Waals surface area contributed by atoms with Crippen molar-refractivity contribution in [2.45, 2.75) is 47.2 Å². The van der Waals surface area contributed by atoms with Gasteiger partial charge in [-0.1, -0.05) is 32.0 Å². The Morgan fingerprint density at radius 2 is 1.94 bits per heavy atom. The van der Waals surface area contributed by atoms with E-state index in [1.54, 1.807) is 17.7 Å². The molecule has 1 aromatic carbocycles. The third-order valence-corrected chi connectivity index (χ3v) is 5.05. The maximum Gasteiger partial charge on any atom is 0.262 e. The minimum atomic E-state index is -0.493. The highest BCUT2D eigenvalue weighted by molar-refractivity contribution is 6.02. The number of carbonyl (C=O) groups is 1. The predicted octanol–water partition coefficient (Wildman–Crippen LogP) is 3.52. The average Bonchev–Trinajstić information content (AvgIpc) is 3.33. The first-order chi connectivity index (χ1) is 14.8. The van der Waals surface area contributed by atoms with Crippen LogP contribution in [0, 0.1) is 31.1 Å². The molecular weight excluding hydrogens is 390 g/mol. The summed E-state index contributed by atoms with van der Waals surface area (Å²) in [4.78, 5) is 12.8. The Morgan fingerprint density at radius 1 is 1.23 bits per heavy atom. The molecule has 1 atom stereocenters. The number of hydrogen-bond donors (Lipinski definition) is 1. The summed E-state index contributed by atoms with van der Waals surface area (Å²) in [6.07, 6.45) is 1.64. The van der Waals surface area contributed by atoms with E-state index in [-0.39, 0.29) is 5.57 Å². The number of amides is 1. The van der Waals surface area contributed by atoms with E-state index in [4.69, 9.17) is 0 Å². The van der Waals surface area contributed by atoms with Crippen molar-refractivity contribution in [2.24, 2.45) is 5.92 Å². The number of nitrogens with one attached hydrogen (secondary N) is 1. The van der Waals surface area contributed by atoms with Gasteiger partial charge < -0.3 is 9.88 Å². The van der Waals surface area contributed by atoms with Crippen LogP contribution in [0.1, 0.15) is 49.6 Å². The van der Waals surface area contributed by atoms with Crippen molar-refractivity contribution >= 4 is 12.0 Å². The molecule has 0 saturated heterocycles. The van der Waals surface area contributed by atoms with E-state index in [1.165, 1.54) is 0 Å². The lowest BCUT2D eigenvalue weighted by molar-refractivity contribution is -0.117. The van der Waals surface area contributed by atoms with Gasteiger partial charge in [0.2, 0.25) is 0 Å². The van der Waals surface area contributed by atoms with E-state index in [0.29, 0.717) is 11.7 Å². The molecule has 0 aliphatic carbocycles. The maximum absolute atomic E-state index is 12.8. The zero-order valence-electron chi connectivity index (χ0n) is 18.5. The number of benzene rings is 1. The second-order valence-electron chi connectivity index (χ2n) is 7.98. The molecule has 0 aliphatic heterocycles. The predicted molar refractivity (Wildman–Crippen MR) is 118 cm³/mol. The summed E-state index contributed by atoms with van der Waals surface area (Å²) in [7, 11) is 0. The second-order valence-corrected chi connectivity index (χ2v) is 7.98. The molecule has 0 aliphatic rings. The molecule has 2 heterocycles. The molecule has 1 unspecified atom stereocenters. The Labute approximate surface area is 182 Å². The van der Waals surface area contributed by atoms with Crippen LogP contribution in [0.5, 0.6) is 0 Å². The van der Waals surface area contributed by atoms with E-state index in [1.807, 2.05) is 56.3 Å². The minimum Gasteiger partial charge on any atom is -0.348 e. The fourth-order valence-electron chi connectivity index (χ4n) is 3.48. The highest BCUT2D eigenvalue weighted by atomic mass is 16.1. The van der Waals surface area contributed by atoms with Crippen molar-refractivity contribution in [2.75, 3.05) is 0 Å². The van der Waals surface area contributed by atoms with Crippen LogP contribution in [0.15, 0.2) is 42.0 Å². The van der Waals surface area contributed by atoms with E-state index in [2.05, 4.69) is 39.3 Å². The van der Waals surface area contributed by atoms with Gasteiger partial charge in [0, 0.05) is 17.9 Å². The van der Waals surface area contributed by atoms with Crippen LogP contribution < -0.4 is 5.32 Å². The largest absolute Gasteiger partial charge is 0.348 e. The number of rotatable bonds is 7. The van der Waals surface area contributed by atoms with Crippen molar-refractivity contribution < 1.29 is 4.79 Å². The van der Waals surface area contributed by atoms with Crippen molar-refractivity contribution in [1.82, 2.24) is 30.1 Å². The molecule has 0 saturated carbocycles. The number of aromatic nitrogens is 5. The van der Waals surface area contributed by atoms with Crippen LogP contribution >= 0.6 is 0 Å². The molecule has 0 radical (unpaired) electrons. The Morgan fingerprint density at radius 3 is 2.58 bits per heavy atom. The first kappa shape index (κ1) is 22.0. The van der Waals surface area contributed by atoms with E-state index >= 15 is 0 Å². The van der Waals surface area contributed by atoms with Crippen LogP contribution in [0.4, 0.5) is 0 Å². The number of nitrogens with zero attached hydrogens (tertiary/aromatic N) is 6.